The van der Waals surface area contributed by atoms with E-state index in [0.29, 0.717) is 6.42 Å². The topological polar surface area (TPSA) is 45.2 Å². The number of anilines is 1. The van der Waals surface area contributed by atoms with Gasteiger partial charge in [0.05, 0.1) is 0 Å². The number of hydrogen-bond donors (Lipinski definition) is 2. The number of hydrogen-bond acceptors (Lipinski definition) is 4. The zero-order chi connectivity index (χ0) is 12.1. The van der Waals surface area contributed by atoms with Gasteiger partial charge < -0.3 is 10.4 Å². The van der Waals surface area contributed by atoms with Crippen molar-refractivity contribution in [2.24, 2.45) is 0 Å². The van der Waals surface area contributed by atoms with Gasteiger partial charge in [-0.2, -0.15) is 0 Å². The number of thioether (sulfide) groups is 1. The molecule has 3 nitrogen and oxygen atoms in total. The predicted octanol–water partition coefficient (Wildman–Crippen LogP) is 2.26. The third-order valence-electron chi connectivity index (χ3n) is 1.98. The Hall–Kier alpha value is -0.880. The van der Waals surface area contributed by atoms with Crippen molar-refractivity contribution in [2.45, 2.75) is 23.6 Å². The van der Waals surface area contributed by atoms with Crippen LogP contribution < -0.4 is 5.32 Å². The molecule has 90 valence electrons. The second-order valence-electron chi connectivity index (χ2n) is 3.30. The molecule has 2 N–H and O–H groups in total. The average molecular weight is 248 g/mol. The summed E-state index contributed by atoms with van der Waals surface area (Å²) in [6.07, 6.45) is 0.540. The molecule has 1 aromatic rings. The lowest BCUT2D eigenvalue weighted by Gasteiger charge is -2.10. The zero-order valence-electron chi connectivity index (χ0n) is 9.13. The summed E-state index contributed by atoms with van der Waals surface area (Å²) in [5.41, 5.74) is 0. The molecule has 0 aliphatic heterocycles. The van der Waals surface area contributed by atoms with Gasteiger partial charge in [-0.3, -0.25) is 0 Å². The molecule has 1 unspecified atom stereocenters. The largest absolute Gasteiger partial charge is 0.396 e. The van der Waals surface area contributed by atoms with Crippen LogP contribution in [0.15, 0.2) is 11.1 Å². The molecular formula is C10H14F2N2OS. The van der Waals surface area contributed by atoms with E-state index in [2.05, 4.69) is 10.3 Å². The Morgan fingerprint density at radius 1 is 1.50 bits per heavy atom. The van der Waals surface area contributed by atoms with Gasteiger partial charge in [0, 0.05) is 25.0 Å². The second kappa shape index (κ2) is 6.00. The number of nitrogens with one attached hydrogen (secondary N) is 1. The van der Waals surface area contributed by atoms with Gasteiger partial charge in [0.1, 0.15) is 5.03 Å². The number of aliphatic hydroxyl groups is 1. The van der Waals surface area contributed by atoms with E-state index in [9.17, 15) is 8.78 Å². The van der Waals surface area contributed by atoms with Crippen LogP contribution in [-0.2, 0) is 0 Å². The van der Waals surface area contributed by atoms with Gasteiger partial charge in [-0.1, -0.05) is 6.92 Å². The minimum absolute atomic E-state index is 0.0279. The fraction of sp³-hybridized carbons (Fsp3) is 0.500. The first kappa shape index (κ1) is 13.2. The van der Waals surface area contributed by atoms with Crippen LogP contribution in [0.3, 0.4) is 0 Å². The minimum atomic E-state index is -0.709. The van der Waals surface area contributed by atoms with E-state index in [1.54, 1.807) is 0 Å². The summed E-state index contributed by atoms with van der Waals surface area (Å²) in [6, 6.07) is 0.812. The monoisotopic (exact) mass is 248 g/mol. The Bertz CT molecular complexity index is 363. The summed E-state index contributed by atoms with van der Waals surface area (Å²) in [5, 5.41) is 11.5. The molecule has 0 bridgehead atoms. The van der Waals surface area contributed by atoms with Crippen LogP contribution >= 0.6 is 11.8 Å². The zero-order valence-corrected chi connectivity index (χ0v) is 9.94. The molecule has 1 heterocycles. The van der Waals surface area contributed by atoms with E-state index < -0.39 is 11.6 Å². The number of aromatic nitrogens is 1. The number of aliphatic hydroxyl groups excluding tert-OH is 1. The number of pyridine rings is 1. The van der Waals surface area contributed by atoms with Crippen LogP contribution in [0.4, 0.5) is 14.6 Å². The van der Waals surface area contributed by atoms with E-state index in [0.717, 1.165) is 6.07 Å². The van der Waals surface area contributed by atoms with Gasteiger partial charge in [0.15, 0.2) is 17.5 Å². The van der Waals surface area contributed by atoms with E-state index in [4.69, 9.17) is 5.11 Å². The highest BCUT2D eigenvalue weighted by molar-refractivity contribution is 7.99. The quantitative estimate of drug-likeness (QED) is 0.785. The Kier molecular flexibility index (Phi) is 4.95. The van der Waals surface area contributed by atoms with E-state index in [-0.39, 0.29) is 22.7 Å². The fourth-order valence-corrected chi connectivity index (χ4v) is 2.06. The molecule has 1 atom stereocenters. The Morgan fingerprint density at radius 2 is 2.19 bits per heavy atom. The van der Waals surface area contributed by atoms with Crippen molar-refractivity contribution in [3.05, 3.63) is 17.7 Å². The molecule has 0 spiro atoms. The number of rotatable bonds is 5. The summed E-state index contributed by atoms with van der Waals surface area (Å²) in [6.45, 7) is 1.89. The van der Waals surface area contributed by atoms with Crippen molar-refractivity contribution in [2.75, 3.05) is 19.0 Å². The Morgan fingerprint density at radius 3 is 2.75 bits per heavy atom. The SMILES string of the molecule is CNc1nc(SC(C)CCO)c(F)cc1F. The summed E-state index contributed by atoms with van der Waals surface area (Å²) < 4.78 is 26.5. The van der Waals surface area contributed by atoms with Crippen molar-refractivity contribution in [1.29, 1.82) is 0 Å². The maximum absolute atomic E-state index is 13.4. The smallest absolute Gasteiger partial charge is 0.168 e. The first-order chi connectivity index (χ1) is 7.58. The summed E-state index contributed by atoms with van der Waals surface area (Å²) in [5.74, 6) is -1.36. The maximum Gasteiger partial charge on any atom is 0.168 e. The Labute approximate surface area is 97.3 Å². The van der Waals surface area contributed by atoms with Crippen molar-refractivity contribution >= 4 is 17.6 Å². The van der Waals surface area contributed by atoms with Crippen LogP contribution in [0.5, 0.6) is 0 Å². The minimum Gasteiger partial charge on any atom is -0.396 e. The highest BCUT2D eigenvalue weighted by atomic mass is 32.2. The van der Waals surface area contributed by atoms with Crippen LogP contribution in [0, 0.1) is 11.6 Å². The summed E-state index contributed by atoms with van der Waals surface area (Å²) in [7, 11) is 1.52. The van der Waals surface area contributed by atoms with Crippen LogP contribution in [-0.4, -0.2) is 29.0 Å². The van der Waals surface area contributed by atoms with Gasteiger partial charge in [0.25, 0.3) is 0 Å². The molecule has 0 aliphatic rings. The Balaban J connectivity index is 2.87. The van der Waals surface area contributed by atoms with Crippen molar-refractivity contribution < 1.29 is 13.9 Å². The summed E-state index contributed by atoms with van der Waals surface area (Å²) >= 11 is 1.18. The molecule has 0 saturated heterocycles. The fourth-order valence-electron chi connectivity index (χ4n) is 1.14. The first-order valence-corrected chi connectivity index (χ1v) is 5.77. The van der Waals surface area contributed by atoms with Gasteiger partial charge in [-0.25, -0.2) is 13.8 Å². The van der Waals surface area contributed by atoms with Gasteiger partial charge >= 0.3 is 0 Å². The van der Waals surface area contributed by atoms with Gasteiger partial charge in [-0.05, 0) is 6.42 Å². The van der Waals surface area contributed by atoms with Crippen molar-refractivity contribution in [3.63, 3.8) is 0 Å². The van der Waals surface area contributed by atoms with E-state index in [1.807, 2.05) is 6.92 Å². The molecule has 1 rings (SSSR count). The lowest BCUT2D eigenvalue weighted by molar-refractivity contribution is 0.289. The predicted molar refractivity (Wildman–Crippen MR) is 60.7 cm³/mol. The van der Waals surface area contributed by atoms with Gasteiger partial charge in [-0.15, -0.1) is 11.8 Å². The molecule has 0 amide bonds. The van der Waals surface area contributed by atoms with Crippen molar-refractivity contribution in [1.82, 2.24) is 4.98 Å². The first-order valence-electron chi connectivity index (χ1n) is 4.89. The normalized spacial score (nSPS) is 12.6. The van der Waals surface area contributed by atoms with Gasteiger partial charge in [0.2, 0.25) is 0 Å². The molecule has 0 aliphatic carbocycles. The second-order valence-corrected chi connectivity index (χ2v) is 4.72. The molecule has 0 aromatic carbocycles. The molecular weight excluding hydrogens is 234 g/mol. The molecule has 1 aromatic heterocycles. The maximum atomic E-state index is 13.4. The number of halogens is 2. The standard InChI is InChI=1S/C10H14F2N2OS/c1-6(3-4-15)16-10-8(12)5-7(11)9(13-2)14-10/h5-6,15H,3-4H2,1-2H3,(H,13,14). The third-order valence-corrected chi connectivity index (χ3v) is 3.13. The molecule has 16 heavy (non-hydrogen) atoms. The highest BCUT2D eigenvalue weighted by Gasteiger charge is 2.14. The lowest BCUT2D eigenvalue weighted by atomic mass is 10.3. The highest BCUT2D eigenvalue weighted by Crippen LogP contribution is 2.28. The molecule has 0 saturated carbocycles. The molecule has 6 heteroatoms. The third kappa shape index (κ3) is 3.31. The van der Waals surface area contributed by atoms with Crippen LogP contribution in [0.2, 0.25) is 0 Å². The van der Waals surface area contributed by atoms with E-state index >= 15 is 0 Å². The van der Waals surface area contributed by atoms with Crippen LogP contribution in [0.25, 0.3) is 0 Å². The van der Waals surface area contributed by atoms with Crippen LogP contribution in [0.1, 0.15) is 13.3 Å². The van der Waals surface area contributed by atoms with E-state index in [1.165, 1.54) is 18.8 Å². The molecule has 0 radical (unpaired) electrons. The average Bonchev–Trinajstić information content (AvgIpc) is 2.22. The lowest BCUT2D eigenvalue weighted by Crippen LogP contribution is -2.04. The molecule has 0 fully saturated rings. The number of nitrogens with zero attached hydrogens (tertiary/aromatic N) is 1. The summed E-state index contributed by atoms with van der Waals surface area (Å²) in [4.78, 5) is 3.83. The van der Waals surface area contributed by atoms with Crippen molar-refractivity contribution in [3.8, 4) is 0 Å².